The minimum Gasteiger partial charge on any atom is -0.0654 e. The zero-order chi connectivity index (χ0) is 7.56. The van der Waals surface area contributed by atoms with Crippen molar-refractivity contribution in [1.29, 1.82) is 0 Å². The fraction of sp³-hybridized carbons (Fsp3) is 1.00. The number of unbranched alkanes of at least 4 members (excludes halogenated alkanes) is 1. The van der Waals surface area contributed by atoms with Gasteiger partial charge in [0.25, 0.3) is 0 Å². The first-order valence-corrected chi connectivity index (χ1v) is 4.75. The molecule has 0 heteroatoms. The second-order valence-corrected chi connectivity index (χ2v) is 4.00. The fourth-order valence-electron chi connectivity index (χ4n) is 1.88. The van der Waals surface area contributed by atoms with Crippen LogP contribution in [0.25, 0.3) is 0 Å². The van der Waals surface area contributed by atoms with E-state index in [1.165, 1.54) is 25.7 Å². The zero-order valence-electron chi connectivity index (χ0n) is 7.56. The van der Waals surface area contributed by atoms with Gasteiger partial charge in [0.05, 0.1) is 0 Å². The van der Waals surface area contributed by atoms with E-state index in [0.29, 0.717) is 0 Å². The van der Waals surface area contributed by atoms with Crippen LogP contribution in [0.5, 0.6) is 0 Å². The summed E-state index contributed by atoms with van der Waals surface area (Å²) in [6.45, 7) is 7.08. The molecular formula is C10H20. The van der Waals surface area contributed by atoms with Gasteiger partial charge in [-0.1, -0.05) is 40.0 Å². The van der Waals surface area contributed by atoms with Crippen molar-refractivity contribution >= 4 is 0 Å². The molecule has 0 radical (unpaired) electrons. The molecule has 3 unspecified atom stereocenters. The summed E-state index contributed by atoms with van der Waals surface area (Å²) in [6, 6.07) is 0. The smallest absolute Gasteiger partial charge is 0.0360 e. The Morgan fingerprint density at radius 3 is 2.50 bits per heavy atom. The van der Waals surface area contributed by atoms with Crippen LogP contribution in [0, 0.1) is 17.8 Å². The normalized spacial score (nSPS) is 33.9. The largest absolute Gasteiger partial charge is 0.0654 e. The molecule has 0 bridgehead atoms. The van der Waals surface area contributed by atoms with Crippen molar-refractivity contribution in [3.8, 4) is 0 Å². The topological polar surface area (TPSA) is 0 Å². The first-order valence-electron chi connectivity index (χ1n) is 4.75. The molecule has 1 aliphatic rings. The first kappa shape index (κ1) is 8.10. The van der Waals surface area contributed by atoms with Crippen molar-refractivity contribution in [2.45, 2.75) is 46.5 Å². The Hall–Kier alpha value is 0. The summed E-state index contributed by atoms with van der Waals surface area (Å²) in [4.78, 5) is 0. The number of hydrogen-bond donors (Lipinski definition) is 0. The molecule has 0 heterocycles. The Kier molecular flexibility index (Phi) is 2.76. The maximum Gasteiger partial charge on any atom is -0.0360 e. The van der Waals surface area contributed by atoms with Crippen LogP contribution in [0.4, 0.5) is 0 Å². The predicted octanol–water partition coefficient (Wildman–Crippen LogP) is 3.47. The quantitative estimate of drug-likeness (QED) is 0.561. The van der Waals surface area contributed by atoms with E-state index in [-0.39, 0.29) is 0 Å². The SMILES string of the molecule is CCCCC(C)C1CC1C. The van der Waals surface area contributed by atoms with Gasteiger partial charge in [-0.25, -0.2) is 0 Å². The first-order chi connectivity index (χ1) is 4.75. The van der Waals surface area contributed by atoms with Crippen LogP contribution >= 0.6 is 0 Å². The molecule has 0 aromatic carbocycles. The van der Waals surface area contributed by atoms with E-state index in [2.05, 4.69) is 20.8 Å². The van der Waals surface area contributed by atoms with Gasteiger partial charge in [0.2, 0.25) is 0 Å². The van der Waals surface area contributed by atoms with Gasteiger partial charge in [0.15, 0.2) is 0 Å². The molecule has 1 fully saturated rings. The lowest BCUT2D eigenvalue weighted by molar-refractivity contribution is 0.432. The summed E-state index contributed by atoms with van der Waals surface area (Å²) < 4.78 is 0. The van der Waals surface area contributed by atoms with Crippen molar-refractivity contribution in [2.24, 2.45) is 17.8 Å². The van der Waals surface area contributed by atoms with Gasteiger partial charge in [-0.3, -0.25) is 0 Å². The molecule has 60 valence electrons. The zero-order valence-corrected chi connectivity index (χ0v) is 7.56. The van der Waals surface area contributed by atoms with Gasteiger partial charge in [-0.2, -0.15) is 0 Å². The molecule has 1 aliphatic carbocycles. The summed E-state index contributed by atoms with van der Waals surface area (Å²) >= 11 is 0. The lowest BCUT2D eigenvalue weighted by atomic mass is 9.98. The molecular weight excluding hydrogens is 120 g/mol. The maximum absolute atomic E-state index is 2.42. The van der Waals surface area contributed by atoms with Crippen LogP contribution in [0.1, 0.15) is 46.5 Å². The van der Waals surface area contributed by atoms with Gasteiger partial charge in [-0.15, -0.1) is 0 Å². The highest BCUT2D eigenvalue weighted by atomic mass is 14.4. The third-order valence-corrected chi connectivity index (χ3v) is 2.92. The highest BCUT2D eigenvalue weighted by Gasteiger charge is 2.36. The average molecular weight is 140 g/mol. The summed E-state index contributed by atoms with van der Waals surface area (Å²) in [7, 11) is 0. The maximum atomic E-state index is 2.42. The summed E-state index contributed by atoms with van der Waals surface area (Å²) in [5.41, 5.74) is 0. The van der Waals surface area contributed by atoms with Gasteiger partial charge in [-0.05, 0) is 24.2 Å². The fourth-order valence-corrected chi connectivity index (χ4v) is 1.88. The summed E-state index contributed by atoms with van der Waals surface area (Å²) in [6.07, 6.45) is 5.77. The molecule has 0 amide bonds. The monoisotopic (exact) mass is 140 g/mol. The van der Waals surface area contributed by atoms with Crippen LogP contribution in [0.2, 0.25) is 0 Å². The highest BCUT2D eigenvalue weighted by molar-refractivity contribution is 4.86. The van der Waals surface area contributed by atoms with Gasteiger partial charge < -0.3 is 0 Å². The minimum atomic E-state index is 1.01. The van der Waals surface area contributed by atoms with E-state index in [1.54, 1.807) is 0 Å². The lowest BCUT2D eigenvalue weighted by Gasteiger charge is -2.08. The van der Waals surface area contributed by atoms with Crippen LogP contribution in [-0.4, -0.2) is 0 Å². The summed E-state index contributed by atoms with van der Waals surface area (Å²) in [5.74, 6) is 3.15. The molecule has 0 N–H and O–H groups in total. The standard InChI is InChI=1S/C10H20/c1-4-5-6-8(2)10-7-9(10)3/h8-10H,4-7H2,1-3H3. The molecule has 0 aliphatic heterocycles. The third kappa shape index (κ3) is 2.00. The highest BCUT2D eigenvalue weighted by Crippen LogP contribution is 2.45. The van der Waals surface area contributed by atoms with Gasteiger partial charge in [0, 0.05) is 0 Å². The Bertz CT molecular complexity index is 96.2. The van der Waals surface area contributed by atoms with E-state index >= 15 is 0 Å². The second kappa shape index (κ2) is 3.41. The van der Waals surface area contributed by atoms with E-state index in [1.807, 2.05) is 0 Å². The van der Waals surface area contributed by atoms with Gasteiger partial charge in [0.1, 0.15) is 0 Å². The van der Waals surface area contributed by atoms with Crippen molar-refractivity contribution < 1.29 is 0 Å². The van der Waals surface area contributed by atoms with E-state index in [0.717, 1.165) is 17.8 Å². The molecule has 10 heavy (non-hydrogen) atoms. The van der Waals surface area contributed by atoms with Crippen LogP contribution in [-0.2, 0) is 0 Å². The number of rotatable bonds is 4. The summed E-state index contributed by atoms with van der Waals surface area (Å²) in [5, 5.41) is 0. The van der Waals surface area contributed by atoms with Crippen LogP contribution in [0.15, 0.2) is 0 Å². The predicted molar refractivity (Wildman–Crippen MR) is 46.0 cm³/mol. The Labute approximate surface area is 65.0 Å². The van der Waals surface area contributed by atoms with Crippen molar-refractivity contribution in [3.63, 3.8) is 0 Å². The van der Waals surface area contributed by atoms with Crippen LogP contribution < -0.4 is 0 Å². The van der Waals surface area contributed by atoms with Crippen molar-refractivity contribution in [1.82, 2.24) is 0 Å². The van der Waals surface area contributed by atoms with Crippen molar-refractivity contribution in [2.75, 3.05) is 0 Å². The molecule has 0 aromatic rings. The molecule has 0 aromatic heterocycles. The van der Waals surface area contributed by atoms with E-state index in [4.69, 9.17) is 0 Å². The molecule has 3 atom stereocenters. The average Bonchev–Trinajstić information content (AvgIpc) is 2.62. The van der Waals surface area contributed by atoms with Crippen molar-refractivity contribution in [3.05, 3.63) is 0 Å². The molecule has 0 nitrogen and oxygen atoms in total. The molecule has 0 spiro atoms. The lowest BCUT2D eigenvalue weighted by Crippen LogP contribution is -1.97. The Balaban J connectivity index is 2.04. The van der Waals surface area contributed by atoms with E-state index in [9.17, 15) is 0 Å². The molecule has 0 saturated heterocycles. The number of hydrogen-bond acceptors (Lipinski definition) is 0. The molecule has 1 saturated carbocycles. The second-order valence-electron chi connectivity index (χ2n) is 4.00. The Morgan fingerprint density at radius 2 is 2.10 bits per heavy atom. The van der Waals surface area contributed by atoms with Gasteiger partial charge >= 0.3 is 0 Å². The third-order valence-electron chi connectivity index (χ3n) is 2.92. The molecule has 1 rings (SSSR count). The Morgan fingerprint density at radius 1 is 1.50 bits per heavy atom. The minimum absolute atomic E-state index is 1.01. The van der Waals surface area contributed by atoms with E-state index < -0.39 is 0 Å². The van der Waals surface area contributed by atoms with Crippen LogP contribution in [0.3, 0.4) is 0 Å².